The highest BCUT2D eigenvalue weighted by atomic mass is 15.1. The van der Waals surface area contributed by atoms with Gasteiger partial charge in [0.05, 0.1) is 24.8 Å². The van der Waals surface area contributed by atoms with E-state index < -0.39 is 41.7 Å². The van der Waals surface area contributed by atoms with Crippen LogP contribution in [0.1, 0.15) is 36.0 Å². The number of rotatable bonds is 8. The van der Waals surface area contributed by atoms with Crippen LogP contribution < -0.4 is 4.90 Å². The van der Waals surface area contributed by atoms with Gasteiger partial charge in [-0.1, -0.05) is 212 Å². The molecule has 1 nitrogen and oxygen atoms in total. The fourth-order valence-electron chi connectivity index (χ4n) is 9.12. The van der Waals surface area contributed by atoms with Crippen LogP contribution in [0.2, 0.25) is 0 Å². The maximum atomic E-state index is 8.66. The first kappa shape index (κ1) is 26.3. The van der Waals surface area contributed by atoms with Crippen LogP contribution >= 0.6 is 0 Å². The van der Waals surface area contributed by atoms with Crippen molar-refractivity contribution >= 4 is 27.8 Å². The Bertz CT molecular complexity index is 3500. The molecular formula is C59H41N. The van der Waals surface area contributed by atoms with Crippen molar-refractivity contribution in [3.05, 3.63) is 271 Å². The van der Waals surface area contributed by atoms with E-state index in [9.17, 15) is 0 Å². The van der Waals surface area contributed by atoms with Crippen LogP contribution in [0.4, 0.5) is 17.1 Å². The summed E-state index contributed by atoms with van der Waals surface area (Å²) in [5, 5.41) is 1.93. The maximum Gasteiger partial charge on any atom is 0.0713 e. The van der Waals surface area contributed by atoms with Gasteiger partial charge in [-0.25, -0.2) is 0 Å². The fraction of sp³-hybridized carbons (Fsp3) is 0.0169. The lowest BCUT2D eigenvalue weighted by Gasteiger charge is -2.34. The average Bonchev–Trinajstić information content (AvgIpc) is 3.70. The summed E-state index contributed by atoms with van der Waals surface area (Å²) < 4.78 is 84.2. The lowest BCUT2D eigenvalue weighted by Crippen LogP contribution is -2.28. The third-order valence-corrected chi connectivity index (χ3v) is 11.7. The highest BCUT2D eigenvalue weighted by molar-refractivity contribution is 6.06. The van der Waals surface area contributed by atoms with Crippen molar-refractivity contribution < 1.29 is 13.7 Å². The Kier molecular flexibility index (Phi) is 6.53. The van der Waals surface area contributed by atoms with E-state index in [-0.39, 0.29) is 35.3 Å². The average molecular weight is 774 g/mol. The summed E-state index contributed by atoms with van der Waals surface area (Å²) >= 11 is 0. The summed E-state index contributed by atoms with van der Waals surface area (Å²) in [5.74, 6) is 0. The molecule has 10 aromatic rings. The number of fused-ring (bicyclic) bond motifs is 4. The first-order chi connectivity index (χ1) is 33.9. The quantitative estimate of drug-likeness (QED) is 0.149. The van der Waals surface area contributed by atoms with Crippen molar-refractivity contribution in [1.29, 1.82) is 0 Å². The van der Waals surface area contributed by atoms with Gasteiger partial charge in [-0.05, 0) is 109 Å². The Labute approximate surface area is 366 Å². The summed E-state index contributed by atoms with van der Waals surface area (Å²) in [6.45, 7) is 0. The topological polar surface area (TPSA) is 3.24 Å². The summed E-state index contributed by atoms with van der Waals surface area (Å²) in [7, 11) is 0. The molecule has 0 aromatic heterocycles. The number of hydrogen-bond acceptors (Lipinski definition) is 1. The Hall–Kier alpha value is -7.74. The number of hydrogen-bond donors (Lipinski definition) is 0. The molecule has 1 aliphatic rings. The second kappa shape index (κ2) is 14.9. The van der Waals surface area contributed by atoms with Gasteiger partial charge in [0.1, 0.15) is 0 Å². The maximum absolute atomic E-state index is 8.66. The molecule has 0 spiro atoms. The van der Waals surface area contributed by atoms with E-state index >= 15 is 0 Å². The standard InChI is InChI=1S/C59H41N/c1-5-17-42(18-6-1)44-31-36-49(37-32-44)60(50-38-33-45(34-39-50)43-19-7-2-8-20-43)58-30-16-27-52-51(26-15-28-55(52)58)46-35-40-54-53-25-13-14-29-56(53)59(57(54)41-46,47-21-9-3-10-22-47)48-23-11-4-12-24-48/h1-41H/i1D,2D,5D,6D,7D,8D,17D,18D,19D,20D. The molecule has 0 heterocycles. The monoisotopic (exact) mass is 773 g/mol. The Morgan fingerprint density at radius 3 is 1.42 bits per heavy atom. The molecule has 0 saturated carbocycles. The molecular weight excluding hydrogens is 723 g/mol. The van der Waals surface area contributed by atoms with Crippen LogP contribution in [0.5, 0.6) is 0 Å². The van der Waals surface area contributed by atoms with Crippen LogP contribution in [0.15, 0.2) is 248 Å². The van der Waals surface area contributed by atoms with Gasteiger partial charge in [-0.2, -0.15) is 0 Å². The van der Waals surface area contributed by atoms with Crippen molar-refractivity contribution in [2.24, 2.45) is 0 Å². The van der Waals surface area contributed by atoms with Crippen LogP contribution in [-0.2, 0) is 5.41 Å². The van der Waals surface area contributed by atoms with Crippen LogP contribution in [0.3, 0.4) is 0 Å². The zero-order valence-corrected chi connectivity index (χ0v) is 32.3. The van der Waals surface area contributed by atoms with E-state index in [1.807, 2.05) is 36.4 Å². The number of benzene rings is 10. The van der Waals surface area contributed by atoms with Gasteiger partial charge in [0.25, 0.3) is 0 Å². The Balaban J connectivity index is 1.09. The van der Waals surface area contributed by atoms with Crippen molar-refractivity contribution in [3.63, 3.8) is 0 Å². The van der Waals surface area contributed by atoms with Crippen LogP contribution in [0, 0.1) is 0 Å². The van der Waals surface area contributed by atoms with Crippen molar-refractivity contribution in [1.82, 2.24) is 0 Å². The van der Waals surface area contributed by atoms with E-state index in [4.69, 9.17) is 13.7 Å². The molecule has 0 saturated heterocycles. The van der Waals surface area contributed by atoms with Gasteiger partial charge in [0, 0.05) is 16.8 Å². The van der Waals surface area contributed by atoms with Gasteiger partial charge in [-0.15, -0.1) is 0 Å². The zero-order chi connectivity index (χ0) is 48.6. The van der Waals surface area contributed by atoms with E-state index in [1.165, 1.54) is 33.4 Å². The molecule has 0 radical (unpaired) electrons. The van der Waals surface area contributed by atoms with Crippen molar-refractivity contribution in [3.8, 4) is 44.5 Å². The molecule has 1 heteroatoms. The SMILES string of the molecule is [2H]c1c([2H])c([2H])c(-c2ccc(N(c3ccc(-c4c([2H])c([2H])c([2H])c([2H])c4[2H])cc3)c3cccc4c(-c5ccc6c(c5)C(c5ccccc5)(c5ccccc5)c5ccccc5-6)cccc34)cc2)c([2H])c1[2H]. The smallest absolute Gasteiger partial charge is 0.0713 e. The molecule has 10 aromatic carbocycles. The molecule has 0 atom stereocenters. The molecule has 0 aliphatic heterocycles. The first-order valence-electron chi connectivity index (χ1n) is 24.9. The zero-order valence-electron chi connectivity index (χ0n) is 42.3. The molecule has 0 bridgehead atoms. The molecule has 282 valence electrons. The lowest BCUT2D eigenvalue weighted by molar-refractivity contribution is 0.769. The molecule has 0 fully saturated rings. The van der Waals surface area contributed by atoms with Crippen molar-refractivity contribution in [2.75, 3.05) is 4.90 Å². The minimum atomic E-state index is -0.584. The summed E-state index contributed by atoms with van der Waals surface area (Å²) in [5.41, 5.74) is 12.0. The summed E-state index contributed by atoms with van der Waals surface area (Å²) in [4.78, 5) is 2.07. The highest BCUT2D eigenvalue weighted by Crippen LogP contribution is 2.57. The normalized spacial score (nSPS) is 14.8. The predicted octanol–water partition coefficient (Wildman–Crippen LogP) is 15.7. The van der Waals surface area contributed by atoms with Crippen LogP contribution in [-0.4, -0.2) is 0 Å². The first-order valence-corrected chi connectivity index (χ1v) is 19.9. The van der Waals surface area contributed by atoms with Gasteiger partial charge >= 0.3 is 0 Å². The van der Waals surface area contributed by atoms with Gasteiger partial charge in [0.15, 0.2) is 0 Å². The molecule has 1 aliphatic carbocycles. The Morgan fingerprint density at radius 1 is 0.333 bits per heavy atom. The summed E-state index contributed by atoms with van der Waals surface area (Å²) in [6, 6.07) is 60.1. The molecule has 0 amide bonds. The van der Waals surface area contributed by atoms with Crippen molar-refractivity contribution in [2.45, 2.75) is 5.41 Å². The third-order valence-electron chi connectivity index (χ3n) is 11.7. The third kappa shape index (κ3) is 5.86. The fourth-order valence-corrected chi connectivity index (χ4v) is 9.12. The van der Waals surface area contributed by atoms with E-state index in [0.29, 0.717) is 22.5 Å². The van der Waals surface area contributed by atoms with Gasteiger partial charge < -0.3 is 4.90 Å². The van der Waals surface area contributed by atoms with E-state index in [2.05, 4.69) is 132 Å². The molecule has 11 rings (SSSR count). The second-order valence-electron chi connectivity index (χ2n) is 14.9. The molecule has 60 heavy (non-hydrogen) atoms. The van der Waals surface area contributed by atoms with Crippen LogP contribution in [0.25, 0.3) is 55.3 Å². The minimum Gasteiger partial charge on any atom is -0.310 e. The molecule has 0 unspecified atom stereocenters. The highest BCUT2D eigenvalue weighted by Gasteiger charge is 2.46. The predicted molar refractivity (Wildman–Crippen MR) is 252 cm³/mol. The Morgan fingerprint density at radius 2 is 0.817 bits per heavy atom. The van der Waals surface area contributed by atoms with E-state index in [0.717, 1.165) is 27.6 Å². The van der Waals surface area contributed by atoms with E-state index in [1.54, 1.807) is 24.3 Å². The summed E-state index contributed by atoms with van der Waals surface area (Å²) in [6.07, 6.45) is 0. The largest absolute Gasteiger partial charge is 0.310 e. The number of nitrogens with zero attached hydrogens (tertiary/aromatic N) is 1. The lowest BCUT2D eigenvalue weighted by atomic mass is 9.67. The van der Waals surface area contributed by atoms with Gasteiger partial charge in [-0.3, -0.25) is 0 Å². The minimum absolute atomic E-state index is 0.0999. The second-order valence-corrected chi connectivity index (χ2v) is 14.9. The molecule has 0 N–H and O–H groups in total. The van der Waals surface area contributed by atoms with Gasteiger partial charge in [0.2, 0.25) is 0 Å². The number of anilines is 3.